The minimum atomic E-state index is -4.57. The molecule has 2 aromatic carbocycles. The molecule has 0 saturated heterocycles. The molecular formula is C18H19F3N2O3S. The van der Waals surface area contributed by atoms with E-state index in [4.69, 9.17) is 0 Å². The molecule has 0 aliphatic carbocycles. The van der Waals surface area contributed by atoms with Gasteiger partial charge in [0.1, 0.15) is 6.54 Å². The third-order valence-corrected chi connectivity index (χ3v) is 5.02. The number of sulfonamides is 1. The monoisotopic (exact) mass is 400 g/mol. The molecule has 0 aromatic heterocycles. The highest BCUT2D eigenvalue weighted by Crippen LogP contribution is 2.21. The van der Waals surface area contributed by atoms with E-state index < -0.39 is 28.7 Å². The van der Waals surface area contributed by atoms with Crippen LogP contribution in [0, 0.1) is 0 Å². The fourth-order valence-corrected chi connectivity index (χ4v) is 3.45. The predicted octanol–water partition coefficient (Wildman–Crippen LogP) is 3.73. The third kappa shape index (κ3) is 5.99. The summed E-state index contributed by atoms with van der Waals surface area (Å²) in [5.74, 6) is -1.02. The van der Waals surface area contributed by atoms with Gasteiger partial charge in [0.25, 0.3) is 15.9 Å². The normalized spacial score (nSPS) is 11.9. The summed E-state index contributed by atoms with van der Waals surface area (Å²) in [6, 6.07) is 11.7. The molecule has 27 heavy (non-hydrogen) atoms. The Morgan fingerprint density at radius 1 is 1.04 bits per heavy atom. The third-order valence-electron chi connectivity index (χ3n) is 3.64. The Hall–Kier alpha value is -2.55. The van der Waals surface area contributed by atoms with Crippen LogP contribution in [0.3, 0.4) is 0 Å². The van der Waals surface area contributed by atoms with E-state index in [1.807, 2.05) is 6.92 Å². The van der Waals surface area contributed by atoms with Crippen molar-refractivity contribution >= 4 is 21.6 Å². The molecule has 0 saturated carbocycles. The molecule has 0 atom stereocenters. The topological polar surface area (TPSA) is 75.3 Å². The Bertz CT molecular complexity index is 895. The Kier molecular flexibility index (Phi) is 6.48. The molecule has 5 nitrogen and oxygen atoms in total. The Morgan fingerprint density at radius 3 is 2.26 bits per heavy atom. The Morgan fingerprint density at radius 2 is 1.67 bits per heavy atom. The van der Waals surface area contributed by atoms with Crippen molar-refractivity contribution < 1.29 is 26.4 Å². The lowest BCUT2D eigenvalue weighted by atomic mass is 10.1. The van der Waals surface area contributed by atoms with Gasteiger partial charge >= 0.3 is 6.18 Å². The first-order valence-corrected chi connectivity index (χ1v) is 9.66. The summed E-state index contributed by atoms with van der Waals surface area (Å²) in [4.78, 5) is 12.0. The quantitative estimate of drug-likeness (QED) is 0.744. The van der Waals surface area contributed by atoms with Gasteiger partial charge in [-0.3, -0.25) is 9.52 Å². The maximum absolute atomic E-state index is 12.5. The number of hydrogen-bond acceptors (Lipinski definition) is 3. The summed E-state index contributed by atoms with van der Waals surface area (Å²) in [7, 11) is -4.00. The van der Waals surface area contributed by atoms with Crippen LogP contribution in [0.25, 0.3) is 0 Å². The van der Waals surface area contributed by atoms with E-state index in [1.165, 1.54) is 36.4 Å². The number of benzene rings is 2. The summed E-state index contributed by atoms with van der Waals surface area (Å²) < 4.78 is 64.2. The summed E-state index contributed by atoms with van der Waals surface area (Å²) in [6.45, 7) is 0.499. The second-order valence-corrected chi connectivity index (χ2v) is 7.53. The number of nitrogens with one attached hydrogen (secondary N) is 2. The molecule has 9 heteroatoms. The zero-order valence-corrected chi connectivity index (χ0v) is 15.3. The van der Waals surface area contributed by atoms with Crippen LogP contribution >= 0.6 is 0 Å². The zero-order valence-electron chi connectivity index (χ0n) is 14.5. The molecule has 0 heterocycles. The number of rotatable bonds is 7. The van der Waals surface area contributed by atoms with E-state index >= 15 is 0 Å². The number of hydrogen-bond donors (Lipinski definition) is 2. The first-order valence-electron chi connectivity index (χ1n) is 8.18. The van der Waals surface area contributed by atoms with Crippen LogP contribution in [-0.2, 0) is 16.4 Å². The lowest BCUT2D eigenvalue weighted by Crippen LogP contribution is -2.34. The van der Waals surface area contributed by atoms with E-state index in [9.17, 15) is 26.4 Å². The highest BCUT2D eigenvalue weighted by Gasteiger charge is 2.28. The number of amides is 1. The van der Waals surface area contributed by atoms with E-state index in [2.05, 4.69) is 4.72 Å². The number of halogens is 3. The van der Waals surface area contributed by atoms with Gasteiger partial charge in [0.05, 0.1) is 16.1 Å². The first-order chi connectivity index (χ1) is 12.6. The second-order valence-electron chi connectivity index (χ2n) is 5.84. The van der Waals surface area contributed by atoms with Crippen LogP contribution in [0.4, 0.5) is 18.9 Å². The Labute approximate surface area is 155 Å². The van der Waals surface area contributed by atoms with Crippen molar-refractivity contribution in [1.82, 2.24) is 5.32 Å². The van der Waals surface area contributed by atoms with E-state index in [-0.39, 0.29) is 16.1 Å². The minimum Gasteiger partial charge on any atom is -0.343 e. The molecule has 2 rings (SSSR count). The van der Waals surface area contributed by atoms with Crippen LogP contribution in [0.2, 0.25) is 0 Å². The van der Waals surface area contributed by atoms with Gasteiger partial charge in [0.2, 0.25) is 0 Å². The number of anilines is 1. The molecule has 146 valence electrons. The molecule has 0 radical (unpaired) electrons. The zero-order chi connectivity index (χ0) is 20.1. The number of para-hydroxylation sites is 1. The Balaban J connectivity index is 2.22. The fraction of sp³-hybridized carbons (Fsp3) is 0.278. The first kappa shape index (κ1) is 20.8. The smallest absolute Gasteiger partial charge is 0.343 e. The molecule has 0 aliphatic rings. The number of alkyl halides is 3. The highest BCUT2D eigenvalue weighted by atomic mass is 32.2. The average Bonchev–Trinajstić information content (AvgIpc) is 2.60. The van der Waals surface area contributed by atoms with Gasteiger partial charge in [-0.05, 0) is 36.2 Å². The molecule has 2 N–H and O–H groups in total. The van der Waals surface area contributed by atoms with Crippen molar-refractivity contribution in [2.75, 3.05) is 11.3 Å². The summed E-state index contributed by atoms with van der Waals surface area (Å²) in [5, 5.41) is 1.73. The lowest BCUT2D eigenvalue weighted by molar-refractivity contribution is -0.123. The summed E-state index contributed by atoms with van der Waals surface area (Å²) >= 11 is 0. The van der Waals surface area contributed by atoms with Gasteiger partial charge in [-0.25, -0.2) is 8.42 Å². The second kappa shape index (κ2) is 8.43. The van der Waals surface area contributed by atoms with E-state index in [0.29, 0.717) is 0 Å². The highest BCUT2D eigenvalue weighted by molar-refractivity contribution is 7.92. The van der Waals surface area contributed by atoms with Gasteiger partial charge in [0.15, 0.2) is 0 Å². The largest absolute Gasteiger partial charge is 0.405 e. The van der Waals surface area contributed by atoms with Crippen LogP contribution in [0.1, 0.15) is 29.3 Å². The van der Waals surface area contributed by atoms with E-state index in [0.717, 1.165) is 18.4 Å². The van der Waals surface area contributed by atoms with Crippen molar-refractivity contribution in [3.05, 3.63) is 59.7 Å². The van der Waals surface area contributed by atoms with Crippen molar-refractivity contribution in [3.63, 3.8) is 0 Å². The van der Waals surface area contributed by atoms with Crippen molar-refractivity contribution in [2.45, 2.75) is 30.8 Å². The molecule has 2 aromatic rings. The predicted molar refractivity (Wildman–Crippen MR) is 96.1 cm³/mol. The maximum Gasteiger partial charge on any atom is 0.405 e. The van der Waals surface area contributed by atoms with Crippen molar-refractivity contribution in [2.24, 2.45) is 0 Å². The van der Waals surface area contributed by atoms with Gasteiger partial charge in [-0.15, -0.1) is 0 Å². The van der Waals surface area contributed by atoms with E-state index in [1.54, 1.807) is 17.4 Å². The summed E-state index contributed by atoms with van der Waals surface area (Å²) in [6.07, 6.45) is -2.83. The van der Waals surface area contributed by atoms with Crippen molar-refractivity contribution in [1.29, 1.82) is 0 Å². The number of aryl methyl sites for hydroxylation is 1. The molecule has 0 fully saturated rings. The van der Waals surface area contributed by atoms with Crippen LogP contribution in [0.5, 0.6) is 0 Å². The average molecular weight is 400 g/mol. The van der Waals surface area contributed by atoms with Crippen LogP contribution in [-0.4, -0.2) is 27.0 Å². The maximum atomic E-state index is 12.5. The molecule has 1 amide bonds. The lowest BCUT2D eigenvalue weighted by Gasteiger charge is -2.14. The van der Waals surface area contributed by atoms with Crippen molar-refractivity contribution in [3.8, 4) is 0 Å². The standard InChI is InChI=1S/C18H19F3N2O3S/c1-2-5-13-8-10-14(11-9-13)27(25,26)23-16-7-4-3-6-15(16)17(24)22-12-18(19,20)21/h3-4,6-11,23H,2,5,12H2,1H3,(H,22,24). The van der Waals surface area contributed by atoms with Crippen LogP contribution in [0.15, 0.2) is 53.4 Å². The minimum absolute atomic E-state index is 0.00661. The molecule has 0 spiro atoms. The van der Waals surface area contributed by atoms with Gasteiger partial charge in [-0.2, -0.15) is 13.2 Å². The van der Waals surface area contributed by atoms with Crippen LogP contribution < -0.4 is 10.0 Å². The molecule has 0 unspecified atom stereocenters. The molecule has 0 bridgehead atoms. The number of carbonyl (C=O) groups excluding carboxylic acids is 1. The number of carbonyl (C=O) groups is 1. The van der Waals surface area contributed by atoms with Gasteiger partial charge in [-0.1, -0.05) is 37.6 Å². The molecule has 0 aliphatic heterocycles. The van der Waals surface area contributed by atoms with Gasteiger partial charge in [0, 0.05) is 0 Å². The summed E-state index contributed by atoms with van der Waals surface area (Å²) in [5.41, 5.74) is 0.686. The van der Waals surface area contributed by atoms with Gasteiger partial charge < -0.3 is 5.32 Å². The molecular weight excluding hydrogens is 381 g/mol. The fourth-order valence-electron chi connectivity index (χ4n) is 2.37. The SMILES string of the molecule is CCCc1ccc(S(=O)(=O)Nc2ccccc2C(=O)NCC(F)(F)F)cc1.